The normalized spacial score (nSPS) is 14.7. The summed E-state index contributed by atoms with van der Waals surface area (Å²) >= 11 is 0. The molecule has 4 rings (SSSR count). The second-order valence-electron chi connectivity index (χ2n) is 6.87. The van der Waals surface area contributed by atoms with Crippen LogP contribution in [0, 0.1) is 5.92 Å². The van der Waals surface area contributed by atoms with Gasteiger partial charge in [-0.3, -0.25) is 14.9 Å². The van der Waals surface area contributed by atoms with Gasteiger partial charge in [-0.05, 0) is 29.7 Å². The predicted octanol–water partition coefficient (Wildman–Crippen LogP) is 3.18. The van der Waals surface area contributed by atoms with E-state index in [1.165, 1.54) is 0 Å². The van der Waals surface area contributed by atoms with Gasteiger partial charge in [-0.1, -0.05) is 44.2 Å². The van der Waals surface area contributed by atoms with E-state index in [1.807, 2.05) is 62.4 Å². The van der Waals surface area contributed by atoms with Crippen molar-refractivity contribution in [3.8, 4) is 0 Å². The largest absolute Gasteiger partial charge is 0.324 e. The van der Waals surface area contributed by atoms with E-state index in [-0.39, 0.29) is 17.7 Å². The molecule has 0 aliphatic carbocycles. The Morgan fingerprint density at radius 3 is 2.62 bits per heavy atom. The van der Waals surface area contributed by atoms with Crippen molar-refractivity contribution >= 4 is 28.8 Å². The van der Waals surface area contributed by atoms with Crippen molar-refractivity contribution in [2.24, 2.45) is 5.92 Å². The lowest BCUT2D eigenvalue weighted by Crippen LogP contribution is -2.47. The summed E-state index contributed by atoms with van der Waals surface area (Å²) in [5.74, 6) is 0.0305. The number of aromatic nitrogens is 2. The van der Waals surface area contributed by atoms with E-state index in [0.717, 1.165) is 16.6 Å². The summed E-state index contributed by atoms with van der Waals surface area (Å²) < 4.78 is 0. The van der Waals surface area contributed by atoms with Gasteiger partial charge in [0.15, 0.2) is 0 Å². The third-order valence-electron chi connectivity index (χ3n) is 4.72. The molecule has 1 atom stereocenters. The number of nitrogens with one attached hydrogen (secondary N) is 2. The summed E-state index contributed by atoms with van der Waals surface area (Å²) in [5, 5.41) is 2.84. The minimum atomic E-state index is -0.567. The molecule has 0 radical (unpaired) electrons. The molecular weight excluding hydrogens is 328 g/mol. The standard InChI is InChI=1S/C20H20N4O2/c1-12(2)17(24-11-13-7-3-4-8-14(13)19(24)26)18(25)23-20-21-15-9-5-6-10-16(15)22-20/h3-10,12,17H,11H2,1-2H3,(H2,21,22,23,25). The average Bonchev–Trinajstić information content (AvgIpc) is 3.16. The maximum absolute atomic E-state index is 12.9. The number of carbonyl (C=O) groups excluding carboxylic acids is 2. The molecule has 3 aromatic rings. The van der Waals surface area contributed by atoms with Crippen molar-refractivity contribution < 1.29 is 9.59 Å². The first kappa shape index (κ1) is 16.3. The lowest BCUT2D eigenvalue weighted by molar-refractivity contribution is -0.122. The van der Waals surface area contributed by atoms with E-state index in [2.05, 4.69) is 15.3 Å². The Hall–Kier alpha value is -3.15. The number of hydrogen-bond acceptors (Lipinski definition) is 3. The molecule has 0 saturated carbocycles. The molecule has 6 nitrogen and oxygen atoms in total. The van der Waals surface area contributed by atoms with E-state index >= 15 is 0 Å². The molecule has 0 spiro atoms. The van der Waals surface area contributed by atoms with Crippen molar-refractivity contribution in [1.82, 2.24) is 14.9 Å². The number of hydrogen-bond donors (Lipinski definition) is 2. The molecule has 2 heterocycles. The summed E-state index contributed by atoms with van der Waals surface area (Å²) in [6, 6.07) is 14.5. The Kier molecular flexibility index (Phi) is 3.95. The molecule has 0 saturated heterocycles. The van der Waals surface area contributed by atoms with Crippen molar-refractivity contribution in [2.45, 2.75) is 26.4 Å². The van der Waals surface area contributed by atoms with E-state index in [1.54, 1.807) is 4.90 Å². The Morgan fingerprint density at radius 1 is 1.15 bits per heavy atom. The number of amides is 2. The van der Waals surface area contributed by atoms with E-state index in [4.69, 9.17) is 0 Å². The van der Waals surface area contributed by atoms with Crippen LogP contribution >= 0.6 is 0 Å². The Balaban J connectivity index is 1.59. The molecule has 26 heavy (non-hydrogen) atoms. The zero-order valence-corrected chi connectivity index (χ0v) is 14.7. The first-order valence-electron chi connectivity index (χ1n) is 8.69. The number of fused-ring (bicyclic) bond motifs is 2. The van der Waals surface area contributed by atoms with Gasteiger partial charge in [-0.25, -0.2) is 4.98 Å². The smallest absolute Gasteiger partial charge is 0.255 e. The molecule has 132 valence electrons. The molecule has 1 unspecified atom stereocenters. The summed E-state index contributed by atoms with van der Waals surface area (Å²) in [4.78, 5) is 34.8. The summed E-state index contributed by atoms with van der Waals surface area (Å²) in [5.41, 5.74) is 3.27. The highest BCUT2D eigenvalue weighted by molar-refractivity contribution is 6.03. The van der Waals surface area contributed by atoms with E-state index in [9.17, 15) is 9.59 Å². The molecule has 0 fully saturated rings. The van der Waals surface area contributed by atoms with Gasteiger partial charge in [0, 0.05) is 12.1 Å². The van der Waals surface area contributed by atoms with Crippen LogP contribution in [0.1, 0.15) is 29.8 Å². The topological polar surface area (TPSA) is 78.1 Å². The van der Waals surface area contributed by atoms with Crippen LogP contribution in [-0.2, 0) is 11.3 Å². The Morgan fingerprint density at radius 2 is 1.88 bits per heavy atom. The highest BCUT2D eigenvalue weighted by Crippen LogP contribution is 2.27. The lowest BCUT2D eigenvalue weighted by Gasteiger charge is -2.29. The molecule has 1 aliphatic rings. The summed E-state index contributed by atoms with van der Waals surface area (Å²) in [6.07, 6.45) is 0. The number of rotatable bonds is 4. The van der Waals surface area contributed by atoms with Gasteiger partial charge >= 0.3 is 0 Å². The number of imidazole rings is 1. The van der Waals surface area contributed by atoms with Crippen molar-refractivity contribution in [1.29, 1.82) is 0 Å². The number of anilines is 1. The number of carbonyl (C=O) groups is 2. The number of para-hydroxylation sites is 2. The van der Waals surface area contributed by atoms with Gasteiger partial charge in [-0.2, -0.15) is 0 Å². The fraction of sp³-hybridized carbons (Fsp3) is 0.250. The Bertz CT molecular complexity index is 959. The number of benzene rings is 2. The van der Waals surface area contributed by atoms with Crippen LogP contribution in [0.2, 0.25) is 0 Å². The minimum absolute atomic E-state index is 0.0300. The summed E-state index contributed by atoms with van der Waals surface area (Å²) in [7, 11) is 0. The zero-order chi connectivity index (χ0) is 18.3. The lowest BCUT2D eigenvalue weighted by atomic mass is 10.0. The molecule has 2 N–H and O–H groups in total. The van der Waals surface area contributed by atoms with Crippen molar-refractivity contribution in [3.05, 3.63) is 59.7 Å². The number of aromatic amines is 1. The van der Waals surface area contributed by atoms with Crippen LogP contribution in [-0.4, -0.2) is 32.7 Å². The second-order valence-corrected chi connectivity index (χ2v) is 6.87. The molecule has 6 heteroatoms. The van der Waals surface area contributed by atoms with E-state index in [0.29, 0.717) is 18.1 Å². The highest BCUT2D eigenvalue weighted by Gasteiger charge is 2.38. The minimum Gasteiger partial charge on any atom is -0.324 e. The zero-order valence-electron chi connectivity index (χ0n) is 14.7. The highest BCUT2D eigenvalue weighted by atomic mass is 16.2. The second kappa shape index (κ2) is 6.29. The van der Waals surface area contributed by atoms with Crippen LogP contribution in [0.4, 0.5) is 5.95 Å². The van der Waals surface area contributed by atoms with Crippen LogP contribution in [0.15, 0.2) is 48.5 Å². The average molecular weight is 348 g/mol. The van der Waals surface area contributed by atoms with Crippen LogP contribution in [0.5, 0.6) is 0 Å². The fourth-order valence-electron chi connectivity index (χ4n) is 3.51. The maximum Gasteiger partial charge on any atom is 0.255 e. The molecule has 1 aromatic heterocycles. The van der Waals surface area contributed by atoms with Crippen molar-refractivity contribution in [3.63, 3.8) is 0 Å². The van der Waals surface area contributed by atoms with Gasteiger partial charge < -0.3 is 9.88 Å². The number of nitrogens with zero attached hydrogens (tertiary/aromatic N) is 2. The Labute approximate surface area is 151 Å². The third-order valence-corrected chi connectivity index (χ3v) is 4.72. The van der Waals surface area contributed by atoms with Gasteiger partial charge in [-0.15, -0.1) is 0 Å². The third kappa shape index (κ3) is 2.73. The van der Waals surface area contributed by atoms with E-state index < -0.39 is 6.04 Å². The molecular formula is C20H20N4O2. The van der Waals surface area contributed by atoms with Gasteiger partial charge in [0.1, 0.15) is 6.04 Å². The first-order valence-corrected chi connectivity index (χ1v) is 8.69. The van der Waals surface area contributed by atoms with Gasteiger partial charge in [0.25, 0.3) is 5.91 Å². The van der Waals surface area contributed by atoms with Gasteiger partial charge in [0.05, 0.1) is 11.0 Å². The SMILES string of the molecule is CC(C)C(C(=O)Nc1nc2ccccc2[nH]1)N1Cc2ccccc2C1=O. The first-order chi connectivity index (χ1) is 12.5. The predicted molar refractivity (Wildman–Crippen MR) is 99.7 cm³/mol. The molecule has 1 aliphatic heterocycles. The van der Waals surface area contributed by atoms with Crippen LogP contribution in [0.3, 0.4) is 0 Å². The fourth-order valence-corrected chi connectivity index (χ4v) is 3.51. The quantitative estimate of drug-likeness (QED) is 0.760. The molecule has 2 amide bonds. The van der Waals surface area contributed by atoms with Gasteiger partial charge in [0.2, 0.25) is 11.9 Å². The number of H-pyrrole nitrogens is 1. The molecule has 0 bridgehead atoms. The summed E-state index contributed by atoms with van der Waals surface area (Å²) in [6.45, 7) is 4.34. The van der Waals surface area contributed by atoms with Crippen molar-refractivity contribution in [2.75, 3.05) is 5.32 Å². The van der Waals surface area contributed by atoms with Crippen LogP contribution < -0.4 is 5.32 Å². The van der Waals surface area contributed by atoms with Crippen LogP contribution in [0.25, 0.3) is 11.0 Å². The maximum atomic E-state index is 12.9. The monoisotopic (exact) mass is 348 g/mol. The molecule has 2 aromatic carbocycles.